The minimum atomic E-state index is -0.488. The van der Waals surface area contributed by atoms with Crippen molar-refractivity contribution < 1.29 is 18.9 Å². The lowest BCUT2D eigenvalue weighted by molar-refractivity contribution is -0.384. The van der Waals surface area contributed by atoms with Crippen molar-refractivity contribution in [3.05, 3.63) is 68.5 Å². The number of hydrogen-bond donors (Lipinski definition) is 1. The number of furan rings is 1. The molecule has 1 amide bonds. The fourth-order valence-corrected chi connectivity index (χ4v) is 3.54. The molecule has 0 spiro atoms. The van der Waals surface area contributed by atoms with Crippen LogP contribution in [0.4, 0.5) is 11.4 Å². The summed E-state index contributed by atoms with van der Waals surface area (Å²) in [6.45, 7) is 11.9. The molecule has 0 radical (unpaired) electrons. The molecule has 3 rings (SSSR count). The first-order valence-corrected chi connectivity index (χ1v) is 10.0. The molecule has 0 aliphatic heterocycles. The summed E-state index contributed by atoms with van der Waals surface area (Å²) in [5.41, 5.74) is 5.30. The Morgan fingerprint density at radius 1 is 1.19 bits per heavy atom. The van der Waals surface area contributed by atoms with E-state index in [4.69, 9.17) is 9.15 Å². The molecule has 0 bridgehead atoms. The minimum absolute atomic E-state index is 0.0767. The number of ether oxygens (including phenoxy) is 1. The van der Waals surface area contributed by atoms with Crippen LogP contribution in [-0.4, -0.2) is 17.4 Å². The van der Waals surface area contributed by atoms with Crippen LogP contribution in [0.3, 0.4) is 0 Å². The highest BCUT2D eigenvalue weighted by atomic mass is 16.6. The van der Waals surface area contributed by atoms with Gasteiger partial charge in [0.2, 0.25) is 5.91 Å². The number of anilines is 1. The Hall–Kier alpha value is -3.61. The largest absolute Gasteiger partial charge is 0.493 e. The number of carbonyl (C=O) groups is 1. The zero-order chi connectivity index (χ0) is 22.9. The quantitative estimate of drug-likeness (QED) is 0.298. The number of nitrogens with zero attached hydrogens (tertiary/aromatic N) is 1. The molecule has 0 saturated heterocycles. The fourth-order valence-electron chi connectivity index (χ4n) is 3.54. The number of hydrogen-bond acceptors (Lipinski definition) is 5. The Morgan fingerprint density at radius 3 is 2.55 bits per heavy atom. The molecule has 2 aromatic carbocycles. The average molecular weight is 422 g/mol. The summed E-state index contributed by atoms with van der Waals surface area (Å²) in [6, 6.07) is 6.36. The van der Waals surface area contributed by atoms with Crippen LogP contribution in [0.15, 0.2) is 34.8 Å². The molecule has 7 heteroatoms. The van der Waals surface area contributed by atoms with E-state index in [1.807, 2.05) is 40.7 Å². The Balaban J connectivity index is 2.01. The highest BCUT2D eigenvalue weighted by Gasteiger charge is 2.19. The average Bonchev–Trinajstić information content (AvgIpc) is 3.00. The van der Waals surface area contributed by atoms with Crippen molar-refractivity contribution in [2.45, 2.75) is 41.5 Å². The van der Waals surface area contributed by atoms with Gasteiger partial charge in [-0.25, -0.2) is 0 Å². The van der Waals surface area contributed by atoms with E-state index in [1.165, 1.54) is 18.2 Å². The number of amides is 1. The lowest BCUT2D eigenvalue weighted by Gasteiger charge is -2.15. The van der Waals surface area contributed by atoms with E-state index in [9.17, 15) is 14.9 Å². The molecule has 0 atom stereocenters. The standard InChI is InChI=1S/C24H26N2O5/c1-7-30-23-16(5)24-20(15(4)17(6)31-24)12-19(23)14(3)10-22(27)25-21-11-18(26(28)29)9-8-13(21)2/h8-12H,7H2,1-6H3,(H,25,27)/b14-10+. The number of rotatable bonds is 6. The third kappa shape index (κ3) is 4.30. The number of aryl methyl sites for hydroxylation is 4. The molecule has 31 heavy (non-hydrogen) atoms. The minimum Gasteiger partial charge on any atom is -0.493 e. The first kappa shape index (κ1) is 22.1. The Morgan fingerprint density at radius 2 is 1.90 bits per heavy atom. The second-order valence-electron chi connectivity index (χ2n) is 7.54. The maximum absolute atomic E-state index is 12.7. The molecule has 7 nitrogen and oxygen atoms in total. The molecule has 1 aromatic heterocycles. The summed E-state index contributed by atoms with van der Waals surface area (Å²) < 4.78 is 11.8. The van der Waals surface area contributed by atoms with Crippen LogP contribution in [0, 0.1) is 37.8 Å². The Labute approximate surface area is 180 Å². The third-order valence-electron chi connectivity index (χ3n) is 5.40. The lowest BCUT2D eigenvalue weighted by Crippen LogP contribution is -2.10. The predicted molar refractivity (Wildman–Crippen MR) is 122 cm³/mol. The molecule has 162 valence electrons. The zero-order valence-electron chi connectivity index (χ0n) is 18.6. The predicted octanol–water partition coefficient (Wildman–Crippen LogP) is 6.02. The van der Waals surface area contributed by atoms with Crippen LogP contribution < -0.4 is 10.1 Å². The van der Waals surface area contributed by atoms with Crippen LogP contribution in [0.1, 0.15) is 41.9 Å². The van der Waals surface area contributed by atoms with E-state index >= 15 is 0 Å². The number of carbonyl (C=O) groups excluding carboxylic acids is 1. The van der Waals surface area contributed by atoms with Crippen molar-refractivity contribution in [3.63, 3.8) is 0 Å². The van der Waals surface area contributed by atoms with Crippen molar-refractivity contribution >= 4 is 33.8 Å². The third-order valence-corrected chi connectivity index (χ3v) is 5.40. The van der Waals surface area contributed by atoms with E-state index in [2.05, 4.69) is 5.32 Å². The zero-order valence-corrected chi connectivity index (χ0v) is 18.6. The molecule has 0 fully saturated rings. The molecule has 0 aliphatic rings. The van der Waals surface area contributed by atoms with Gasteiger partial charge in [0, 0.05) is 34.7 Å². The maximum atomic E-state index is 12.7. The second-order valence-corrected chi connectivity index (χ2v) is 7.54. The maximum Gasteiger partial charge on any atom is 0.271 e. The topological polar surface area (TPSA) is 94.6 Å². The number of nitrogens with one attached hydrogen (secondary N) is 1. The molecule has 1 N–H and O–H groups in total. The van der Waals surface area contributed by atoms with Gasteiger partial charge in [-0.05, 0) is 64.3 Å². The van der Waals surface area contributed by atoms with Gasteiger partial charge in [-0.2, -0.15) is 0 Å². The number of fused-ring (bicyclic) bond motifs is 1. The van der Waals surface area contributed by atoms with Crippen LogP contribution >= 0.6 is 0 Å². The molecular weight excluding hydrogens is 396 g/mol. The molecule has 0 aliphatic carbocycles. The van der Waals surface area contributed by atoms with Gasteiger partial charge >= 0.3 is 0 Å². The van der Waals surface area contributed by atoms with E-state index in [0.29, 0.717) is 23.6 Å². The van der Waals surface area contributed by atoms with Crippen LogP contribution in [0.25, 0.3) is 16.5 Å². The van der Waals surface area contributed by atoms with Gasteiger partial charge in [0.1, 0.15) is 17.1 Å². The fraction of sp³-hybridized carbons (Fsp3) is 0.292. The van der Waals surface area contributed by atoms with Gasteiger partial charge in [-0.1, -0.05) is 6.07 Å². The normalized spacial score (nSPS) is 11.6. The summed E-state index contributed by atoms with van der Waals surface area (Å²) in [7, 11) is 0. The first-order chi connectivity index (χ1) is 14.6. The van der Waals surface area contributed by atoms with E-state index in [0.717, 1.165) is 39.0 Å². The summed E-state index contributed by atoms with van der Waals surface area (Å²) in [4.78, 5) is 23.3. The van der Waals surface area contributed by atoms with E-state index in [1.54, 1.807) is 13.0 Å². The van der Waals surface area contributed by atoms with Crippen molar-refractivity contribution in [2.24, 2.45) is 0 Å². The molecular formula is C24H26N2O5. The number of allylic oxidation sites excluding steroid dienone is 1. The van der Waals surface area contributed by atoms with E-state index < -0.39 is 4.92 Å². The van der Waals surface area contributed by atoms with Gasteiger partial charge in [0.15, 0.2) is 0 Å². The Bertz CT molecular complexity index is 1220. The summed E-state index contributed by atoms with van der Waals surface area (Å²) >= 11 is 0. The number of nitro groups is 1. The van der Waals surface area contributed by atoms with Crippen LogP contribution in [0.5, 0.6) is 5.75 Å². The molecule has 0 saturated carbocycles. The van der Waals surface area contributed by atoms with Gasteiger partial charge < -0.3 is 14.5 Å². The smallest absolute Gasteiger partial charge is 0.271 e. The first-order valence-electron chi connectivity index (χ1n) is 10.0. The second kappa shape index (κ2) is 8.63. The van der Waals surface area contributed by atoms with Crippen molar-refractivity contribution in [1.29, 1.82) is 0 Å². The SMILES string of the molecule is CCOc1c(/C(C)=C/C(=O)Nc2cc([N+](=O)[O-])ccc2C)cc2c(C)c(C)oc2c1C. The van der Waals surface area contributed by atoms with Crippen molar-refractivity contribution in [1.82, 2.24) is 0 Å². The molecule has 1 heterocycles. The summed E-state index contributed by atoms with van der Waals surface area (Å²) in [5.74, 6) is 1.15. The van der Waals surface area contributed by atoms with Crippen molar-refractivity contribution in [2.75, 3.05) is 11.9 Å². The van der Waals surface area contributed by atoms with Crippen molar-refractivity contribution in [3.8, 4) is 5.75 Å². The summed E-state index contributed by atoms with van der Waals surface area (Å²) in [5, 5.41) is 14.8. The highest BCUT2D eigenvalue weighted by molar-refractivity contribution is 6.05. The van der Waals surface area contributed by atoms with Gasteiger partial charge in [0.05, 0.1) is 17.2 Å². The molecule has 3 aromatic rings. The van der Waals surface area contributed by atoms with Crippen LogP contribution in [0.2, 0.25) is 0 Å². The monoisotopic (exact) mass is 422 g/mol. The van der Waals surface area contributed by atoms with Gasteiger partial charge in [-0.3, -0.25) is 14.9 Å². The van der Waals surface area contributed by atoms with Gasteiger partial charge in [-0.15, -0.1) is 0 Å². The van der Waals surface area contributed by atoms with E-state index in [-0.39, 0.29) is 11.6 Å². The number of nitro benzene ring substituents is 1. The molecule has 0 unspecified atom stereocenters. The lowest BCUT2D eigenvalue weighted by atomic mass is 9.98. The Kier molecular flexibility index (Phi) is 6.15. The van der Waals surface area contributed by atoms with Gasteiger partial charge in [0.25, 0.3) is 5.69 Å². The highest BCUT2D eigenvalue weighted by Crippen LogP contribution is 2.39. The number of non-ortho nitro benzene ring substituents is 1. The summed E-state index contributed by atoms with van der Waals surface area (Å²) in [6.07, 6.45) is 1.48. The number of benzene rings is 2. The van der Waals surface area contributed by atoms with Crippen LogP contribution in [-0.2, 0) is 4.79 Å².